The van der Waals surface area contributed by atoms with Crippen LogP contribution in [-0.4, -0.2) is 7.05 Å². The largest absolute Gasteiger partial charge is 0.344 e. The number of fused-ring (bicyclic) bond motifs is 1. The molecule has 0 N–H and O–H groups in total. The molecule has 0 saturated carbocycles. The van der Waals surface area contributed by atoms with E-state index in [0.29, 0.717) is 0 Å². The maximum absolute atomic E-state index is 4.02. The van der Waals surface area contributed by atoms with E-state index < -0.39 is 0 Å². The fraction of sp³-hybridized carbons (Fsp3) is 0.333. The summed E-state index contributed by atoms with van der Waals surface area (Å²) in [6.07, 6.45) is 6.26. The van der Waals surface area contributed by atoms with Gasteiger partial charge in [-0.2, -0.15) is 0 Å². The highest BCUT2D eigenvalue weighted by Gasteiger charge is 2.35. The van der Waals surface area contributed by atoms with Crippen LogP contribution in [-0.2, 0) is 5.41 Å². The first-order valence-corrected chi connectivity index (χ1v) is 6.78. The molecule has 0 atom stereocenters. The van der Waals surface area contributed by atoms with Crippen molar-refractivity contribution in [2.24, 2.45) is 0 Å². The van der Waals surface area contributed by atoms with Gasteiger partial charge in [-0.15, -0.1) is 0 Å². The van der Waals surface area contributed by atoms with E-state index in [1.54, 1.807) is 0 Å². The average molecular weight is 253 g/mol. The van der Waals surface area contributed by atoms with Gasteiger partial charge in [0.15, 0.2) is 0 Å². The summed E-state index contributed by atoms with van der Waals surface area (Å²) in [4.78, 5) is 2.28. The van der Waals surface area contributed by atoms with Crippen molar-refractivity contribution in [3.8, 4) is 0 Å². The van der Waals surface area contributed by atoms with Crippen molar-refractivity contribution in [2.75, 3.05) is 11.9 Å². The molecule has 1 nitrogen and oxygen atoms in total. The summed E-state index contributed by atoms with van der Waals surface area (Å²) in [5, 5.41) is 0. The lowest BCUT2D eigenvalue weighted by molar-refractivity contribution is 0.617. The Bertz CT molecular complexity index is 573. The van der Waals surface area contributed by atoms with E-state index in [1.807, 2.05) is 6.08 Å². The molecule has 1 heterocycles. The molecule has 1 aliphatic heterocycles. The maximum atomic E-state index is 4.02. The number of nitrogens with zero attached hydrogens (tertiary/aromatic N) is 1. The van der Waals surface area contributed by atoms with E-state index in [1.165, 1.54) is 28.1 Å². The van der Waals surface area contributed by atoms with Crippen LogP contribution in [0.15, 0.2) is 54.3 Å². The van der Waals surface area contributed by atoms with Gasteiger partial charge >= 0.3 is 0 Å². The molecular formula is C18H23N. The lowest BCUT2D eigenvalue weighted by Crippen LogP contribution is -2.34. The van der Waals surface area contributed by atoms with E-state index in [0.717, 1.165) is 0 Å². The molecule has 0 saturated heterocycles. The Morgan fingerprint density at radius 3 is 2.53 bits per heavy atom. The molecule has 0 amide bonds. The highest BCUT2D eigenvalue weighted by atomic mass is 15.1. The zero-order valence-electron chi connectivity index (χ0n) is 12.6. The third kappa shape index (κ3) is 1.94. The molecule has 0 spiro atoms. The molecule has 0 fully saturated rings. The number of hydrogen-bond donors (Lipinski definition) is 0. The van der Waals surface area contributed by atoms with Crippen LogP contribution in [0.1, 0.15) is 31.9 Å². The van der Waals surface area contributed by atoms with Gasteiger partial charge in [0.1, 0.15) is 0 Å². The van der Waals surface area contributed by atoms with Crippen molar-refractivity contribution in [3.63, 3.8) is 0 Å². The summed E-state index contributed by atoms with van der Waals surface area (Å²) in [6, 6.07) is 6.55. The van der Waals surface area contributed by atoms with E-state index >= 15 is 0 Å². The van der Waals surface area contributed by atoms with Crippen LogP contribution in [0.5, 0.6) is 0 Å². The van der Waals surface area contributed by atoms with Crippen molar-refractivity contribution in [3.05, 3.63) is 65.4 Å². The van der Waals surface area contributed by atoms with Crippen molar-refractivity contribution < 1.29 is 0 Å². The predicted molar refractivity (Wildman–Crippen MR) is 84.6 cm³/mol. The number of para-hydroxylation sites is 1. The van der Waals surface area contributed by atoms with Crippen LogP contribution >= 0.6 is 0 Å². The van der Waals surface area contributed by atoms with Crippen LogP contribution in [0.2, 0.25) is 0 Å². The second kappa shape index (κ2) is 4.73. The van der Waals surface area contributed by atoms with Crippen LogP contribution in [0, 0.1) is 6.92 Å². The Balaban J connectivity index is 2.81. The molecule has 100 valence electrons. The van der Waals surface area contributed by atoms with E-state index in [2.05, 4.69) is 76.6 Å². The normalized spacial score (nSPS) is 17.8. The zero-order valence-corrected chi connectivity index (χ0v) is 12.6. The first-order valence-electron chi connectivity index (χ1n) is 6.78. The number of anilines is 1. The van der Waals surface area contributed by atoms with E-state index in [9.17, 15) is 0 Å². The van der Waals surface area contributed by atoms with Crippen LogP contribution in [0.3, 0.4) is 0 Å². The zero-order chi connectivity index (χ0) is 14.2. The first-order chi connectivity index (χ1) is 8.95. The molecule has 1 aliphatic rings. The summed E-state index contributed by atoms with van der Waals surface area (Å²) in [7, 11) is 2.14. The molecule has 1 aromatic carbocycles. The van der Waals surface area contributed by atoms with Crippen LogP contribution in [0.25, 0.3) is 0 Å². The smallest absolute Gasteiger partial charge is 0.0479 e. The number of hydrogen-bond acceptors (Lipinski definition) is 1. The van der Waals surface area contributed by atoms with Gasteiger partial charge in [-0.25, -0.2) is 0 Å². The predicted octanol–water partition coefficient (Wildman–Crippen LogP) is 4.74. The molecular weight excluding hydrogens is 230 g/mol. The number of allylic oxidation sites excluding steroid dienone is 4. The minimum Gasteiger partial charge on any atom is -0.344 e. The third-order valence-electron chi connectivity index (χ3n) is 4.09. The molecule has 0 radical (unpaired) electrons. The number of benzene rings is 1. The minimum absolute atomic E-state index is 0.00947. The standard InChI is InChI=1S/C18H23N/c1-7-10-16-14(8-2)18(4,5)15-12-9-11-13(3)17(15)19(16)6/h7-12H,2H2,1,3-6H3/b10-7-. The molecule has 1 aromatic rings. The van der Waals surface area contributed by atoms with Gasteiger partial charge in [0.25, 0.3) is 0 Å². The quantitative estimate of drug-likeness (QED) is 0.736. The fourth-order valence-electron chi connectivity index (χ4n) is 3.09. The van der Waals surface area contributed by atoms with Gasteiger partial charge < -0.3 is 4.90 Å². The Morgan fingerprint density at radius 2 is 1.95 bits per heavy atom. The Hall–Kier alpha value is -1.76. The molecule has 0 aliphatic carbocycles. The summed E-state index contributed by atoms with van der Waals surface area (Å²) >= 11 is 0. The van der Waals surface area contributed by atoms with E-state index in [-0.39, 0.29) is 5.41 Å². The van der Waals surface area contributed by atoms with Crippen molar-refractivity contribution in [1.29, 1.82) is 0 Å². The Morgan fingerprint density at radius 1 is 1.26 bits per heavy atom. The van der Waals surface area contributed by atoms with Gasteiger partial charge in [0, 0.05) is 23.8 Å². The topological polar surface area (TPSA) is 3.24 Å². The minimum atomic E-state index is -0.00947. The Kier molecular flexibility index (Phi) is 3.40. The number of rotatable bonds is 2. The highest BCUT2D eigenvalue weighted by Crippen LogP contribution is 2.46. The monoisotopic (exact) mass is 253 g/mol. The molecule has 1 heteroatoms. The van der Waals surface area contributed by atoms with Crippen LogP contribution in [0.4, 0.5) is 5.69 Å². The number of likely N-dealkylation sites (N-methyl/N-ethyl adjacent to an activating group) is 1. The third-order valence-corrected chi connectivity index (χ3v) is 4.09. The van der Waals surface area contributed by atoms with Crippen molar-refractivity contribution in [2.45, 2.75) is 33.1 Å². The first kappa shape index (κ1) is 13.7. The maximum Gasteiger partial charge on any atom is 0.0479 e. The van der Waals surface area contributed by atoms with E-state index in [4.69, 9.17) is 0 Å². The van der Waals surface area contributed by atoms with Crippen molar-refractivity contribution in [1.82, 2.24) is 0 Å². The molecule has 2 rings (SSSR count). The van der Waals surface area contributed by atoms with Gasteiger partial charge in [-0.3, -0.25) is 0 Å². The average Bonchev–Trinajstić information content (AvgIpc) is 2.36. The van der Waals surface area contributed by atoms with Gasteiger partial charge in [0.2, 0.25) is 0 Å². The van der Waals surface area contributed by atoms with Gasteiger partial charge in [-0.05, 0) is 36.6 Å². The summed E-state index contributed by atoms with van der Waals surface area (Å²) in [5.41, 5.74) is 6.53. The number of aryl methyl sites for hydroxylation is 1. The molecule has 0 aromatic heterocycles. The molecule has 0 bridgehead atoms. The molecule has 0 unspecified atom stereocenters. The summed E-state index contributed by atoms with van der Waals surface area (Å²) in [5.74, 6) is 0. The second-order valence-corrected chi connectivity index (χ2v) is 5.66. The molecule has 19 heavy (non-hydrogen) atoms. The fourth-order valence-corrected chi connectivity index (χ4v) is 3.09. The second-order valence-electron chi connectivity index (χ2n) is 5.66. The van der Waals surface area contributed by atoms with Crippen molar-refractivity contribution >= 4 is 5.69 Å². The van der Waals surface area contributed by atoms with Gasteiger partial charge in [0.05, 0.1) is 0 Å². The van der Waals surface area contributed by atoms with Crippen LogP contribution < -0.4 is 4.90 Å². The highest BCUT2D eigenvalue weighted by molar-refractivity contribution is 5.72. The summed E-state index contributed by atoms with van der Waals surface area (Å²) in [6.45, 7) is 12.8. The lowest BCUT2D eigenvalue weighted by atomic mass is 9.72. The van der Waals surface area contributed by atoms with Gasteiger partial charge in [-0.1, -0.05) is 50.8 Å². The SMILES string of the molecule is C=CC1=C(/C=C\C)N(C)c2c(C)cccc2C1(C)C. The lowest BCUT2D eigenvalue weighted by Gasteiger charge is -2.41. The Labute approximate surface area is 116 Å². The summed E-state index contributed by atoms with van der Waals surface area (Å²) < 4.78 is 0.